The second-order valence-electron chi connectivity index (χ2n) is 4.20. The van der Waals surface area contributed by atoms with E-state index in [1.165, 1.54) is 18.2 Å². The summed E-state index contributed by atoms with van der Waals surface area (Å²) in [5.41, 5.74) is 6.02. The lowest BCUT2D eigenvalue weighted by Gasteiger charge is -2.18. The van der Waals surface area contributed by atoms with E-state index in [2.05, 4.69) is 5.32 Å². The summed E-state index contributed by atoms with van der Waals surface area (Å²) in [5.74, 6) is -0.786. The van der Waals surface area contributed by atoms with Gasteiger partial charge in [0.2, 0.25) is 5.91 Å². The normalized spacial score (nSPS) is 10.7. The lowest BCUT2D eigenvalue weighted by molar-refractivity contribution is -0.116. The number of nitrogens with one attached hydrogen (secondary N) is 1. The average Bonchev–Trinajstić information content (AvgIpc) is 2.39. The maximum absolute atomic E-state index is 13.4. The van der Waals surface area contributed by atoms with Gasteiger partial charge >= 0.3 is 0 Å². The number of nitrogens with two attached hydrogens (primary N) is 1. The summed E-state index contributed by atoms with van der Waals surface area (Å²) in [6.45, 7) is 3.80. The van der Waals surface area contributed by atoms with Gasteiger partial charge in [-0.05, 0) is 24.7 Å². The number of carbonyl (C=O) groups excluding carboxylic acids is 1. The fourth-order valence-corrected chi connectivity index (χ4v) is 1.68. The molecule has 5 nitrogen and oxygen atoms in total. The molecule has 106 valence electrons. The van der Waals surface area contributed by atoms with E-state index in [-0.39, 0.29) is 24.6 Å². The molecule has 6 heteroatoms. The summed E-state index contributed by atoms with van der Waals surface area (Å²) in [4.78, 5) is 13.6. The van der Waals surface area contributed by atoms with Crippen molar-refractivity contribution in [2.24, 2.45) is 0 Å². The molecule has 0 spiro atoms. The fourth-order valence-electron chi connectivity index (χ4n) is 1.68. The Bertz CT molecular complexity index is 426. The Hall–Kier alpha value is -1.66. The van der Waals surface area contributed by atoms with Gasteiger partial charge < -0.3 is 21.1 Å². The van der Waals surface area contributed by atoms with E-state index in [1.54, 1.807) is 0 Å². The molecule has 0 atom stereocenters. The van der Waals surface area contributed by atoms with Crippen LogP contribution in [0.4, 0.5) is 15.8 Å². The lowest BCUT2D eigenvalue weighted by atomic mass is 10.2. The summed E-state index contributed by atoms with van der Waals surface area (Å²) in [6.07, 6.45) is 0.238. The summed E-state index contributed by atoms with van der Waals surface area (Å²) >= 11 is 0. The van der Waals surface area contributed by atoms with Crippen molar-refractivity contribution in [3.05, 3.63) is 24.0 Å². The number of amides is 1. The Labute approximate surface area is 112 Å². The Balaban J connectivity index is 2.48. The molecule has 1 aromatic rings. The van der Waals surface area contributed by atoms with Crippen LogP contribution in [0.3, 0.4) is 0 Å². The number of hydrogen-bond acceptors (Lipinski definition) is 4. The molecule has 0 radical (unpaired) electrons. The van der Waals surface area contributed by atoms with Crippen LogP contribution in [0.2, 0.25) is 0 Å². The van der Waals surface area contributed by atoms with E-state index in [1.807, 2.05) is 11.8 Å². The first-order chi connectivity index (χ1) is 9.06. The maximum Gasteiger partial charge on any atom is 0.225 e. The van der Waals surface area contributed by atoms with Crippen LogP contribution >= 0.6 is 0 Å². The first-order valence-electron chi connectivity index (χ1n) is 6.25. The number of aliphatic hydroxyl groups is 1. The third kappa shape index (κ3) is 5.23. The molecule has 1 amide bonds. The Morgan fingerprint density at radius 2 is 2.21 bits per heavy atom. The molecule has 0 fully saturated rings. The van der Waals surface area contributed by atoms with Gasteiger partial charge in [0.05, 0.1) is 12.3 Å². The average molecular weight is 269 g/mol. The maximum atomic E-state index is 13.4. The monoisotopic (exact) mass is 269 g/mol. The fraction of sp³-hybridized carbons (Fsp3) is 0.462. The molecule has 0 aliphatic rings. The van der Waals surface area contributed by atoms with E-state index >= 15 is 0 Å². The van der Waals surface area contributed by atoms with Crippen molar-refractivity contribution in [2.75, 3.05) is 37.3 Å². The summed E-state index contributed by atoms with van der Waals surface area (Å²) in [6, 6.07) is 4.04. The lowest BCUT2D eigenvalue weighted by Crippen LogP contribution is -2.30. The number of carbonyl (C=O) groups is 1. The third-order valence-corrected chi connectivity index (χ3v) is 2.78. The van der Waals surface area contributed by atoms with Crippen LogP contribution in [0, 0.1) is 5.82 Å². The topological polar surface area (TPSA) is 78.6 Å². The zero-order chi connectivity index (χ0) is 14.3. The number of halogens is 1. The van der Waals surface area contributed by atoms with Gasteiger partial charge in [-0.25, -0.2) is 4.39 Å². The molecule has 1 rings (SSSR count). The first-order valence-corrected chi connectivity index (χ1v) is 6.25. The van der Waals surface area contributed by atoms with Crippen molar-refractivity contribution < 1.29 is 14.3 Å². The van der Waals surface area contributed by atoms with E-state index < -0.39 is 5.82 Å². The number of likely N-dealkylation sites (N-methyl/N-ethyl adjacent to an activating group) is 1. The van der Waals surface area contributed by atoms with E-state index in [0.717, 1.165) is 6.54 Å². The highest BCUT2D eigenvalue weighted by Crippen LogP contribution is 2.17. The standard InChI is InChI=1S/C13H20FN3O2/c1-2-17(7-8-18)6-5-13(19)16-12-9-10(15)3-4-11(12)14/h3-4,9,18H,2,5-8,15H2,1H3,(H,16,19). The molecule has 0 aliphatic carbocycles. The molecule has 0 aromatic heterocycles. The number of rotatable bonds is 7. The van der Waals surface area contributed by atoms with E-state index in [9.17, 15) is 9.18 Å². The predicted molar refractivity (Wildman–Crippen MR) is 73.3 cm³/mol. The van der Waals surface area contributed by atoms with Crippen molar-refractivity contribution >= 4 is 17.3 Å². The Morgan fingerprint density at radius 3 is 2.84 bits per heavy atom. The van der Waals surface area contributed by atoms with Crippen LogP contribution in [-0.2, 0) is 4.79 Å². The highest BCUT2D eigenvalue weighted by molar-refractivity contribution is 5.91. The molecule has 4 N–H and O–H groups in total. The van der Waals surface area contributed by atoms with E-state index in [4.69, 9.17) is 10.8 Å². The van der Waals surface area contributed by atoms with Crippen LogP contribution in [0.15, 0.2) is 18.2 Å². The molecule has 19 heavy (non-hydrogen) atoms. The molecule has 0 bridgehead atoms. The van der Waals surface area contributed by atoms with Gasteiger partial charge in [-0.2, -0.15) is 0 Å². The minimum absolute atomic E-state index is 0.0549. The van der Waals surface area contributed by atoms with Crippen LogP contribution in [0.1, 0.15) is 13.3 Å². The van der Waals surface area contributed by atoms with Crippen LogP contribution in [0.5, 0.6) is 0 Å². The molecule has 0 heterocycles. The molecular weight excluding hydrogens is 249 g/mol. The largest absolute Gasteiger partial charge is 0.399 e. The predicted octanol–water partition coefficient (Wildman–Crippen LogP) is 1.05. The number of hydrogen-bond donors (Lipinski definition) is 3. The molecule has 0 unspecified atom stereocenters. The molecule has 0 aliphatic heterocycles. The summed E-state index contributed by atoms with van der Waals surface area (Å²) < 4.78 is 13.4. The molecular formula is C13H20FN3O2. The zero-order valence-electron chi connectivity index (χ0n) is 11.0. The van der Waals surface area contributed by atoms with Crippen LogP contribution < -0.4 is 11.1 Å². The molecule has 1 aromatic carbocycles. The second-order valence-corrected chi connectivity index (χ2v) is 4.20. The van der Waals surface area contributed by atoms with Gasteiger partial charge in [-0.15, -0.1) is 0 Å². The van der Waals surface area contributed by atoms with Crippen LogP contribution in [0.25, 0.3) is 0 Å². The van der Waals surface area contributed by atoms with Gasteiger partial charge in [0, 0.05) is 25.2 Å². The zero-order valence-corrected chi connectivity index (χ0v) is 11.0. The Morgan fingerprint density at radius 1 is 1.47 bits per heavy atom. The van der Waals surface area contributed by atoms with Crippen molar-refractivity contribution in [2.45, 2.75) is 13.3 Å². The molecule has 0 saturated carbocycles. The van der Waals surface area contributed by atoms with Crippen molar-refractivity contribution in [1.82, 2.24) is 4.90 Å². The van der Waals surface area contributed by atoms with Gasteiger partial charge in [0.15, 0.2) is 0 Å². The highest BCUT2D eigenvalue weighted by atomic mass is 19.1. The molecule has 0 saturated heterocycles. The Kier molecular flexibility index (Phi) is 6.24. The number of anilines is 2. The second kappa shape index (κ2) is 7.70. The van der Waals surface area contributed by atoms with Gasteiger partial charge in [0.25, 0.3) is 0 Å². The third-order valence-electron chi connectivity index (χ3n) is 2.78. The number of nitrogen functional groups attached to an aromatic ring is 1. The SMILES string of the molecule is CCN(CCO)CCC(=O)Nc1cc(N)ccc1F. The van der Waals surface area contributed by atoms with Gasteiger partial charge in [-0.3, -0.25) is 4.79 Å². The summed E-state index contributed by atoms with van der Waals surface area (Å²) in [7, 11) is 0. The number of benzene rings is 1. The van der Waals surface area contributed by atoms with Crippen molar-refractivity contribution in [3.63, 3.8) is 0 Å². The number of nitrogens with zero attached hydrogens (tertiary/aromatic N) is 1. The summed E-state index contributed by atoms with van der Waals surface area (Å²) in [5, 5.41) is 11.3. The van der Waals surface area contributed by atoms with E-state index in [0.29, 0.717) is 18.8 Å². The first kappa shape index (κ1) is 15.4. The van der Waals surface area contributed by atoms with Crippen LogP contribution in [-0.4, -0.2) is 42.2 Å². The van der Waals surface area contributed by atoms with Gasteiger partial charge in [0.1, 0.15) is 5.82 Å². The van der Waals surface area contributed by atoms with Crippen molar-refractivity contribution in [1.29, 1.82) is 0 Å². The minimum atomic E-state index is -0.509. The smallest absolute Gasteiger partial charge is 0.225 e. The van der Waals surface area contributed by atoms with Gasteiger partial charge in [-0.1, -0.05) is 6.92 Å². The highest BCUT2D eigenvalue weighted by Gasteiger charge is 2.09. The van der Waals surface area contributed by atoms with Crippen molar-refractivity contribution in [3.8, 4) is 0 Å². The minimum Gasteiger partial charge on any atom is -0.399 e. The quantitative estimate of drug-likeness (QED) is 0.647. The number of aliphatic hydroxyl groups excluding tert-OH is 1.